The summed E-state index contributed by atoms with van der Waals surface area (Å²) >= 11 is 0. The number of hydrogen-bond acceptors (Lipinski definition) is 6. The molecule has 1 aliphatic rings. The van der Waals surface area contributed by atoms with Crippen LogP contribution in [0.2, 0.25) is 0 Å². The molecule has 0 fully saturated rings. The molecule has 0 aromatic heterocycles. The van der Waals surface area contributed by atoms with Gasteiger partial charge in [-0.2, -0.15) is 4.31 Å². The summed E-state index contributed by atoms with van der Waals surface area (Å²) in [4.78, 5) is 11.7. The van der Waals surface area contributed by atoms with Gasteiger partial charge in [0, 0.05) is 24.7 Å². The van der Waals surface area contributed by atoms with E-state index in [0.717, 1.165) is 11.1 Å². The third-order valence-electron chi connectivity index (χ3n) is 5.44. The molecule has 1 aliphatic heterocycles. The maximum absolute atomic E-state index is 13.7. The molecule has 0 radical (unpaired) electrons. The third-order valence-corrected chi connectivity index (χ3v) is 7.22. The molecule has 1 heterocycles. The molecule has 0 atom stereocenters. The molecular formula is C24H24N2O6S. The van der Waals surface area contributed by atoms with Gasteiger partial charge in [0.05, 0.1) is 4.90 Å². The Kier molecular flexibility index (Phi) is 6.64. The Morgan fingerprint density at radius 3 is 2.36 bits per heavy atom. The minimum Gasteiger partial charge on any atom is -0.486 e. The molecule has 8 nitrogen and oxygen atoms in total. The summed E-state index contributed by atoms with van der Waals surface area (Å²) in [6, 6.07) is 18.6. The number of hydroxylamine groups is 1. The topological polar surface area (TPSA) is 105 Å². The molecule has 0 unspecified atom stereocenters. The second-order valence-electron chi connectivity index (χ2n) is 7.64. The molecule has 0 bridgehead atoms. The molecule has 3 aromatic carbocycles. The molecule has 33 heavy (non-hydrogen) atoms. The smallest absolute Gasteiger partial charge is 0.274 e. The van der Waals surface area contributed by atoms with E-state index < -0.39 is 15.9 Å². The summed E-state index contributed by atoms with van der Waals surface area (Å²) in [7, 11) is -3.90. The Morgan fingerprint density at radius 1 is 0.970 bits per heavy atom. The first-order chi connectivity index (χ1) is 15.9. The van der Waals surface area contributed by atoms with E-state index in [1.54, 1.807) is 23.7 Å². The Morgan fingerprint density at radius 2 is 1.67 bits per heavy atom. The van der Waals surface area contributed by atoms with Crippen LogP contribution in [0.25, 0.3) is 0 Å². The Labute approximate surface area is 192 Å². The van der Waals surface area contributed by atoms with Crippen LogP contribution in [0.1, 0.15) is 27.0 Å². The zero-order valence-corrected chi connectivity index (χ0v) is 18.8. The standard InChI is InChI=1S/C24H24N2O6S/c1-17-4-2-3-5-20(17)16-26(15-18-6-8-19(9-7-18)24(27)25-28)33(29,30)21-10-11-22-23(14-21)32-13-12-31-22/h2-11,14,28H,12-13,15-16H2,1H3,(H,25,27). The van der Waals surface area contributed by atoms with Crippen molar-refractivity contribution in [3.63, 3.8) is 0 Å². The number of benzene rings is 3. The first-order valence-corrected chi connectivity index (χ1v) is 11.8. The van der Waals surface area contributed by atoms with Crippen molar-refractivity contribution in [3.05, 3.63) is 89.0 Å². The van der Waals surface area contributed by atoms with E-state index in [9.17, 15) is 13.2 Å². The number of rotatable bonds is 7. The van der Waals surface area contributed by atoms with Crippen LogP contribution in [0.15, 0.2) is 71.6 Å². The van der Waals surface area contributed by atoms with Gasteiger partial charge < -0.3 is 9.47 Å². The first kappa shape index (κ1) is 22.8. The lowest BCUT2D eigenvalue weighted by Gasteiger charge is -2.25. The number of carbonyl (C=O) groups excluding carboxylic acids is 1. The predicted molar refractivity (Wildman–Crippen MR) is 121 cm³/mol. The lowest BCUT2D eigenvalue weighted by Crippen LogP contribution is -2.31. The molecule has 1 amide bonds. The van der Waals surface area contributed by atoms with Crippen molar-refractivity contribution in [2.24, 2.45) is 0 Å². The van der Waals surface area contributed by atoms with Gasteiger partial charge in [0.2, 0.25) is 10.0 Å². The molecule has 0 saturated heterocycles. The zero-order chi connectivity index (χ0) is 23.4. The number of fused-ring (bicyclic) bond motifs is 1. The van der Waals surface area contributed by atoms with Crippen molar-refractivity contribution < 1.29 is 27.9 Å². The van der Waals surface area contributed by atoms with Gasteiger partial charge in [0.1, 0.15) is 13.2 Å². The number of carbonyl (C=O) groups is 1. The van der Waals surface area contributed by atoms with Gasteiger partial charge in [-0.1, -0.05) is 36.4 Å². The highest BCUT2D eigenvalue weighted by atomic mass is 32.2. The zero-order valence-electron chi connectivity index (χ0n) is 18.0. The average Bonchev–Trinajstić information content (AvgIpc) is 2.84. The monoisotopic (exact) mass is 468 g/mol. The fourth-order valence-corrected chi connectivity index (χ4v) is 4.99. The number of ether oxygens (including phenoxy) is 2. The number of nitrogens with one attached hydrogen (secondary N) is 1. The Balaban J connectivity index is 1.69. The fourth-order valence-electron chi connectivity index (χ4n) is 3.57. The lowest BCUT2D eigenvalue weighted by molar-refractivity contribution is 0.0706. The predicted octanol–water partition coefficient (Wildman–Crippen LogP) is 3.28. The largest absolute Gasteiger partial charge is 0.486 e. The van der Waals surface area contributed by atoms with Gasteiger partial charge >= 0.3 is 0 Å². The van der Waals surface area contributed by atoms with Gasteiger partial charge in [-0.15, -0.1) is 0 Å². The molecule has 9 heteroatoms. The van der Waals surface area contributed by atoms with Crippen LogP contribution in [-0.4, -0.2) is 37.1 Å². The van der Waals surface area contributed by atoms with E-state index in [-0.39, 0.29) is 23.5 Å². The van der Waals surface area contributed by atoms with Crippen LogP contribution in [0, 0.1) is 6.92 Å². The van der Waals surface area contributed by atoms with Gasteiger partial charge in [-0.25, -0.2) is 13.9 Å². The van der Waals surface area contributed by atoms with Gasteiger partial charge in [-0.05, 0) is 47.9 Å². The maximum Gasteiger partial charge on any atom is 0.274 e. The van der Waals surface area contributed by atoms with E-state index in [4.69, 9.17) is 14.7 Å². The summed E-state index contributed by atoms with van der Waals surface area (Å²) in [5.41, 5.74) is 4.41. The van der Waals surface area contributed by atoms with E-state index in [2.05, 4.69) is 0 Å². The first-order valence-electron chi connectivity index (χ1n) is 10.4. The average molecular weight is 469 g/mol. The summed E-state index contributed by atoms with van der Waals surface area (Å²) in [5, 5.41) is 8.80. The quantitative estimate of drug-likeness (QED) is 0.407. The Hall–Kier alpha value is -3.40. The van der Waals surface area contributed by atoms with Crippen LogP contribution in [-0.2, 0) is 23.1 Å². The molecule has 172 valence electrons. The van der Waals surface area contributed by atoms with E-state index in [0.29, 0.717) is 30.3 Å². The fraction of sp³-hybridized carbons (Fsp3) is 0.208. The van der Waals surface area contributed by atoms with Crippen LogP contribution in [0.4, 0.5) is 0 Å². The van der Waals surface area contributed by atoms with Crippen LogP contribution >= 0.6 is 0 Å². The summed E-state index contributed by atoms with van der Waals surface area (Å²) < 4.78 is 39.9. The molecule has 2 N–H and O–H groups in total. The number of nitrogens with zero attached hydrogens (tertiary/aromatic N) is 1. The molecule has 4 rings (SSSR count). The van der Waals surface area contributed by atoms with Crippen LogP contribution < -0.4 is 15.0 Å². The molecule has 3 aromatic rings. The van der Waals surface area contributed by atoms with Crippen molar-refractivity contribution in [1.29, 1.82) is 0 Å². The maximum atomic E-state index is 13.7. The van der Waals surface area contributed by atoms with Gasteiger partial charge in [0.25, 0.3) is 5.91 Å². The van der Waals surface area contributed by atoms with Crippen molar-refractivity contribution in [3.8, 4) is 11.5 Å². The second-order valence-corrected chi connectivity index (χ2v) is 9.58. The van der Waals surface area contributed by atoms with Crippen LogP contribution in [0.5, 0.6) is 11.5 Å². The van der Waals surface area contributed by atoms with Crippen LogP contribution in [0.3, 0.4) is 0 Å². The normalized spacial score (nSPS) is 13.1. The highest BCUT2D eigenvalue weighted by Crippen LogP contribution is 2.34. The number of hydrogen-bond donors (Lipinski definition) is 2. The molecular weight excluding hydrogens is 444 g/mol. The van der Waals surface area contributed by atoms with Gasteiger partial charge in [-0.3, -0.25) is 10.0 Å². The summed E-state index contributed by atoms with van der Waals surface area (Å²) in [6.45, 7) is 2.97. The van der Waals surface area contributed by atoms with E-state index in [1.165, 1.54) is 28.6 Å². The van der Waals surface area contributed by atoms with Gasteiger partial charge in [0.15, 0.2) is 11.5 Å². The summed E-state index contributed by atoms with van der Waals surface area (Å²) in [5.74, 6) is 0.281. The molecule has 0 spiro atoms. The van der Waals surface area contributed by atoms with E-state index in [1.807, 2.05) is 31.2 Å². The van der Waals surface area contributed by atoms with Crippen molar-refractivity contribution in [2.75, 3.05) is 13.2 Å². The number of amides is 1. The van der Waals surface area contributed by atoms with Crippen molar-refractivity contribution in [1.82, 2.24) is 9.79 Å². The summed E-state index contributed by atoms with van der Waals surface area (Å²) in [6.07, 6.45) is 0. The molecule has 0 saturated carbocycles. The van der Waals surface area contributed by atoms with E-state index >= 15 is 0 Å². The highest BCUT2D eigenvalue weighted by Gasteiger charge is 2.27. The third kappa shape index (κ3) is 5.00. The number of aryl methyl sites for hydroxylation is 1. The van der Waals surface area contributed by atoms with Crippen molar-refractivity contribution in [2.45, 2.75) is 24.9 Å². The lowest BCUT2D eigenvalue weighted by atomic mass is 10.1. The highest BCUT2D eigenvalue weighted by molar-refractivity contribution is 7.89. The minimum atomic E-state index is -3.90. The Bertz CT molecular complexity index is 1260. The number of sulfonamides is 1. The van der Waals surface area contributed by atoms with Crippen molar-refractivity contribution >= 4 is 15.9 Å². The second kappa shape index (κ2) is 9.62. The SMILES string of the molecule is Cc1ccccc1CN(Cc1ccc(C(=O)NO)cc1)S(=O)(=O)c1ccc2c(c1)OCCO2. The molecule has 0 aliphatic carbocycles. The minimum absolute atomic E-state index is 0.0894.